The minimum Gasteiger partial charge on any atom is -0.393 e. The number of nitrogens with two attached hydrogens (primary N) is 1. The van der Waals surface area contributed by atoms with Crippen molar-refractivity contribution in [1.82, 2.24) is 9.97 Å². The molecule has 96 valence electrons. The predicted octanol–water partition coefficient (Wildman–Crippen LogP) is 2.36. The topological polar surface area (TPSA) is 55.0 Å². The van der Waals surface area contributed by atoms with Crippen molar-refractivity contribution in [2.75, 3.05) is 18.5 Å². The number of aromatic nitrogens is 2. The van der Waals surface area contributed by atoms with Gasteiger partial charge in [0.2, 0.25) is 0 Å². The molecule has 0 saturated heterocycles. The van der Waals surface area contributed by atoms with Crippen LogP contribution in [0.5, 0.6) is 0 Å². The lowest BCUT2D eigenvalue weighted by molar-refractivity contribution is 0.737. The first-order valence-electron chi connectivity index (χ1n) is 5.70. The first-order valence-corrected chi connectivity index (χ1v) is 6.98. The van der Waals surface area contributed by atoms with Crippen molar-refractivity contribution in [3.05, 3.63) is 17.3 Å². The Morgan fingerprint density at radius 2 is 2.28 bits per heavy atom. The van der Waals surface area contributed by atoms with Gasteiger partial charge in [0.1, 0.15) is 12.1 Å². The van der Waals surface area contributed by atoms with Gasteiger partial charge in [0.25, 0.3) is 0 Å². The monoisotopic (exact) mass is 280 g/mol. The van der Waals surface area contributed by atoms with E-state index in [-0.39, 0.29) is 5.92 Å². The molecule has 0 bridgehead atoms. The molecule has 0 aliphatic carbocycles. The van der Waals surface area contributed by atoms with E-state index in [0.717, 1.165) is 22.6 Å². The highest BCUT2D eigenvalue weighted by Gasteiger charge is 2.15. The summed E-state index contributed by atoms with van der Waals surface area (Å²) in [4.78, 5) is 11.3. The zero-order valence-electron chi connectivity index (χ0n) is 10.7. The summed E-state index contributed by atoms with van der Waals surface area (Å²) in [5, 5.41) is 2.10. The van der Waals surface area contributed by atoms with Gasteiger partial charge in [-0.3, -0.25) is 0 Å². The molecule has 18 heavy (non-hydrogen) atoms. The number of hydrogen-bond donors (Lipinski definition) is 1. The van der Waals surface area contributed by atoms with Crippen LogP contribution in [0.2, 0.25) is 0 Å². The van der Waals surface area contributed by atoms with Gasteiger partial charge < -0.3 is 10.6 Å². The summed E-state index contributed by atoms with van der Waals surface area (Å²) < 4.78 is 1.12. The van der Waals surface area contributed by atoms with Crippen LogP contribution in [-0.2, 0) is 0 Å². The van der Waals surface area contributed by atoms with Crippen molar-refractivity contribution in [2.24, 2.45) is 11.7 Å². The summed E-state index contributed by atoms with van der Waals surface area (Å²) in [7, 11) is 2.01. The summed E-state index contributed by atoms with van der Waals surface area (Å²) in [5.74, 6) is 1.11. The number of thiophene rings is 1. The Morgan fingerprint density at radius 1 is 1.56 bits per heavy atom. The van der Waals surface area contributed by atoms with Crippen LogP contribution >= 0.6 is 23.6 Å². The van der Waals surface area contributed by atoms with Crippen LogP contribution in [0.15, 0.2) is 11.7 Å². The maximum Gasteiger partial charge on any atom is 0.149 e. The lowest BCUT2D eigenvalue weighted by Gasteiger charge is -2.22. The minimum absolute atomic E-state index is 0.163. The number of aryl methyl sites for hydroxylation is 1. The fourth-order valence-corrected chi connectivity index (χ4v) is 2.94. The third-order valence-corrected chi connectivity index (χ3v) is 4.39. The molecule has 0 radical (unpaired) electrons. The van der Waals surface area contributed by atoms with Crippen LogP contribution < -0.4 is 10.6 Å². The fourth-order valence-electron chi connectivity index (χ4n) is 1.82. The molecular formula is C12H16N4S2. The minimum atomic E-state index is 0.163. The number of thiocarbonyl (C=S) groups is 1. The quantitative estimate of drug-likeness (QED) is 0.871. The van der Waals surface area contributed by atoms with Crippen molar-refractivity contribution in [3.63, 3.8) is 0 Å². The Labute approximate surface area is 116 Å². The highest BCUT2D eigenvalue weighted by atomic mass is 32.1. The highest BCUT2D eigenvalue weighted by molar-refractivity contribution is 7.80. The van der Waals surface area contributed by atoms with Crippen LogP contribution in [0.4, 0.5) is 5.82 Å². The fraction of sp³-hybridized carbons (Fsp3) is 0.417. The van der Waals surface area contributed by atoms with Gasteiger partial charge in [-0.15, -0.1) is 11.3 Å². The van der Waals surface area contributed by atoms with Gasteiger partial charge in [-0.2, -0.15) is 0 Å². The molecule has 4 nitrogen and oxygen atoms in total. The van der Waals surface area contributed by atoms with Crippen LogP contribution in [0.1, 0.15) is 12.5 Å². The van der Waals surface area contributed by atoms with E-state index < -0.39 is 0 Å². The number of rotatable bonds is 4. The van der Waals surface area contributed by atoms with Crippen LogP contribution in [0.3, 0.4) is 0 Å². The highest BCUT2D eigenvalue weighted by Crippen LogP contribution is 2.30. The molecule has 2 heterocycles. The lowest BCUT2D eigenvalue weighted by Crippen LogP contribution is -2.31. The molecule has 1 atom stereocenters. The second kappa shape index (κ2) is 5.16. The molecule has 2 aromatic rings. The molecule has 0 aliphatic rings. The summed E-state index contributed by atoms with van der Waals surface area (Å²) in [6.07, 6.45) is 1.61. The number of anilines is 1. The van der Waals surface area contributed by atoms with Crippen molar-refractivity contribution in [2.45, 2.75) is 13.8 Å². The van der Waals surface area contributed by atoms with Crippen molar-refractivity contribution in [1.29, 1.82) is 0 Å². The van der Waals surface area contributed by atoms with Gasteiger partial charge >= 0.3 is 0 Å². The molecule has 0 spiro atoms. The largest absolute Gasteiger partial charge is 0.393 e. The normalized spacial score (nSPS) is 12.6. The number of fused-ring (bicyclic) bond motifs is 1. The summed E-state index contributed by atoms with van der Waals surface area (Å²) in [6.45, 7) is 4.85. The van der Waals surface area contributed by atoms with E-state index in [9.17, 15) is 0 Å². The molecular weight excluding hydrogens is 264 g/mol. The van der Waals surface area contributed by atoms with Gasteiger partial charge in [0, 0.05) is 19.5 Å². The van der Waals surface area contributed by atoms with E-state index in [2.05, 4.69) is 27.2 Å². The van der Waals surface area contributed by atoms with Gasteiger partial charge in [-0.1, -0.05) is 19.1 Å². The zero-order chi connectivity index (χ0) is 13.3. The molecule has 0 fully saturated rings. The molecule has 6 heteroatoms. The Hall–Kier alpha value is -1.27. The molecule has 0 aliphatic heterocycles. The average Bonchev–Trinajstić information content (AvgIpc) is 2.71. The summed E-state index contributed by atoms with van der Waals surface area (Å²) in [5.41, 5.74) is 7.87. The van der Waals surface area contributed by atoms with E-state index in [1.807, 2.05) is 14.0 Å². The molecule has 0 saturated carbocycles. The SMILES string of the molecule is Cc1csc2c(N(C)CC(C)C(N)=S)ncnc12. The van der Waals surface area contributed by atoms with Gasteiger partial charge in [0.15, 0.2) is 0 Å². The predicted molar refractivity (Wildman–Crippen MR) is 81.4 cm³/mol. The molecule has 2 N–H and O–H groups in total. The smallest absolute Gasteiger partial charge is 0.149 e. The Bertz CT molecular complexity index is 578. The maximum atomic E-state index is 5.65. The Balaban J connectivity index is 2.33. The van der Waals surface area contributed by atoms with Crippen LogP contribution in [0.25, 0.3) is 10.2 Å². The second-order valence-electron chi connectivity index (χ2n) is 4.48. The number of nitrogens with zero attached hydrogens (tertiary/aromatic N) is 3. The molecule has 1 unspecified atom stereocenters. The Morgan fingerprint density at radius 3 is 2.94 bits per heavy atom. The third-order valence-electron chi connectivity index (χ3n) is 2.91. The van der Waals surface area contributed by atoms with Crippen LogP contribution in [0, 0.1) is 12.8 Å². The lowest BCUT2D eigenvalue weighted by atomic mass is 10.1. The third kappa shape index (κ3) is 2.44. The van der Waals surface area contributed by atoms with Crippen molar-refractivity contribution >= 4 is 44.6 Å². The van der Waals surface area contributed by atoms with Crippen LogP contribution in [-0.4, -0.2) is 28.5 Å². The van der Waals surface area contributed by atoms with E-state index >= 15 is 0 Å². The van der Waals surface area contributed by atoms with Crippen molar-refractivity contribution in [3.8, 4) is 0 Å². The summed E-state index contributed by atoms with van der Waals surface area (Å²) >= 11 is 6.68. The van der Waals surface area contributed by atoms with Gasteiger partial charge in [-0.25, -0.2) is 9.97 Å². The van der Waals surface area contributed by atoms with E-state index in [4.69, 9.17) is 18.0 Å². The molecule has 2 rings (SSSR count). The molecule has 0 amide bonds. The van der Waals surface area contributed by atoms with Gasteiger partial charge in [-0.05, 0) is 17.9 Å². The van der Waals surface area contributed by atoms with E-state index in [1.165, 1.54) is 5.56 Å². The first-order chi connectivity index (χ1) is 8.50. The van der Waals surface area contributed by atoms with E-state index in [0.29, 0.717) is 4.99 Å². The molecule has 0 aromatic carbocycles. The zero-order valence-corrected chi connectivity index (χ0v) is 12.3. The standard InChI is InChI=1S/C12H16N4S2/c1-7(11(13)17)4-16(3)12-10-9(14-6-15-12)8(2)5-18-10/h5-7H,4H2,1-3H3,(H2,13,17). The van der Waals surface area contributed by atoms with E-state index in [1.54, 1.807) is 17.7 Å². The second-order valence-corrected chi connectivity index (χ2v) is 5.83. The summed E-state index contributed by atoms with van der Waals surface area (Å²) in [6, 6.07) is 0. The maximum absolute atomic E-state index is 5.65. The molecule has 2 aromatic heterocycles. The number of hydrogen-bond acceptors (Lipinski definition) is 5. The van der Waals surface area contributed by atoms with Gasteiger partial charge in [0.05, 0.1) is 15.2 Å². The first kappa shape index (κ1) is 13.2. The average molecular weight is 280 g/mol. The van der Waals surface area contributed by atoms with Crippen molar-refractivity contribution < 1.29 is 0 Å². The Kier molecular flexibility index (Phi) is 3.77.